The number of likely N-dealkylation sites (tertiary alicyclic amines) is 1. The van der Waals surface area contributed by atoms with Crippen LogP contribution in [-0.4, -0.2) is 42.7 Å². The van der Waals surface area contributed by atoms with Gasteiger partial charge in [-0.05, 0) is 19.1 Å². The Kier molecular flexibility index (Phi) is 4.75. The Morgan fingerprint density at radius 3 is 2.63 bits per heavy atom. The molecule has 1 aromatic heterocycles. The van der Waals surface area contributed by atoms with E-state index in [0.29, 0.717) is 48.9 Å². The average Bonchev–Trinajstić information content (AvgIpc) is 2.67. The molecule has 0 spiro atoms. The Morgan fingerprint density at radius 2 is 1.89 bits per heavy atom. The maximum atomic E-state index is 12.7. The van der Waals surface area contributed by atoms with Crippen LogP contribution in [0.25, 0.3) is 0 Å². The van der Waals surface area contributed by atoms with Gasteiger partial charge in [-0.2, -0.15) is 0 Å². The van der Waals surface area contributed by atoms with Crippen LogP contribution in [0.3, 0.4) is 0 Å². The first-order valence-corrected chi connectivity index (χ1v) is 9.04. The molecule has 0 radical (unpaired) electrons. The molecule has 1 aromatic carbocycles. The lowest BCUT2D eigenvalue weighted by Crippen LogP contribution is -2.50. The van der Waals surface area contributed by atoms with Crippen molar-refractivity contribution < 1.29 is 23.4 Å². The number of nitrogens with zero attached hydrogens (tertiary/aromatic N) is 1. The zero-order valence-electron chi connectivity index (χ0n) is 15.1. The van der Waals surface area contributed by atoms with Crippen molar-refractivity contribution >= 4 is 5.91 Å². The fraction of sp³-hybridized carbons (Fsp3) is 0.400. The quantitative estimate of drug-likeness (QED) is 0.823. The molecule has 1 saturated heterocycles. The third-order valence-electron chi connectivity index (χ3n) is 4.71. The largest absolute Gasteiger partial charge is 0.490 e. The molecule has 2 aromatic rings. The first-order chi connectivity index (χ1) is 13.1. The topological polar surface area (TPSA) is 78.2 Å². The van der Waals surface area contributed by atoms with E-state index in [4.69, 9.17) is 18.6 Å². The summed E-state index contributed by atoms with van der Waals surface area (Å²) >= 11 is 0. The number of aryl methyl sites for hydroxylation is 1. The molecule has 4 rings (SSSR count). The second-order valence-electron chi connectivity index (χ2n) is 6.73. The molecule has 1 atom stereocenters. The molecule has 2 aliphatic heterocycles. The van der Waals surface area contributed by atoms with Gasteiger partial charge in [-0.25, -0.2) is 4.79 Å². The van der Waals surface area contributed by atoms with E-state index in [1.807, 2.05) is 18.2 Å². The van der Waals surface area contributed by atoms with Crippen LogP contribution in [0.5, 0.6) is 17.2 Å². The Hall–Kier alpha value is -2.96. The standard InChI is InChI=1S/C20H21NO6/c1-13-10-15(11-19(22)25-13)26-14-6-8-21(9-7-14)20(23)18-12-24-16-4-2-3-5-17(16)27-18/h2-5,10-11,14,18H,6-9,12H2,1H3. The summed E-state index contributed by atoms with van der Waals surface area (Å²) in [4.78, 5) is 26.0. The molecule has 7 heteroatoms. The predicted octanol–water partition coefficient (Wildman–Crippen LogP) is 2.16. The number of carbonyl (C=O) groups is 1. The Labute approximate surface area is 156 Å². The summed E-state index contributed by atoms with van der Waals surface area (Å²) in [5.74, 6) is 2.21. The van der Waals surface area contributed by atoms with Gasteiger partial charge in [0.15, 0.2) is 11.5 Å². The highest BCUT2D eigenvalue weighted by atomic mass is 16.6. The van der Waals surface area contributed by atoms with Gasteiger partial charge in [0.2, 0.25) is 6.10 Å². The number of piperidine rings is 1. The minimum atomic E-state index is -0.626. The number of hydrogen-bond donors (Lipinski definition) is 0. The SMILES string of the molecule is Cc1cc(OC2CCN(C(=O)C3COc4ccccc4O3)CC2)cc(=O)o1. The van der Waals surface area contributed by atoms with E-state index in [0.717, 1.165) is 0 Å². The highest BCUT2D eigenvalue weighted by molar-refractivity contribution is 5.82. The number of hydrogen-bond acceptors (Lipinski definition) is 6. The maximum absolute atomic E-state index is 12.7. The number of fused-ring (bicyclic) bond motifs is 1. The number of carbonyl (C=O) groups excluding carboxylic acids is 1. The maximum Gasteiger partial charge on any atom is 0.339 e. The molecule has 1 amide bonds. The molecule has 0 saturated carbocycles. The van der Waals surface area contributed by atoms with Crippen molar-refractivity contribution in [2.24, 2.45) is 0 Å². The highest BCUT2D eigenvalue weighted by Crippen LogP contribution is 2.31. The second-order valence-corrected chi connectivity index (χ2v) is 6.73. The monoisotopic (exact) mass is 371 g/mol. The van der Waals surface area contributed by atoms with Gasteiger partial charge in [-0.3, -0.25) is 4.79 Å². The molecule has 0 aliphatic carbocycles. The summed E-state index contributed by atoms with van der Waals surface area (Å²) < 4.78 is 22.3. The van der Waals surface area contributed by atoms with Crippen molar-refractivity contribution in [3.63, 3.8) is 0 Å². The van der Waals surface area contributed by atoms with Crippen LogP contribution in [0.1, 0.15) is 18.6 Å². The van der Waals surface area contributed by atoms with Crippen LogP contribution in [0, 0.1) is 6.92 Å². The van der Waals surface area contributed by atoms with Gasteiger partial charge in [-0.1, -0.05) is 12.1 Å². The van der Waals surface area contributed by atoms with Crippen LogP contribution < -0.4 is 19.8 Å². The summed E-state index contributed by atoms with van der Waals surface area (Å²) in [6.07, 6.45) is 0.711. The molecule has 2 aliphatic rings. The number of benzene rings is 1. The Bertz CT molecular complexity index is 884. The molecule has 7 nitrogen and oxygen atoms in total. The third-order valence-corrected chi connectivity index (χ3v) is 4.71. The first kappa shape index (κ1) is 17.5. The van der Waals surface area contributed by atoms with Crippen LogP contribution in [0.15, 0.2) is 45.6 Å². The van der Waals surface area contributed by atoms with Gasteiger partial charge in [0.1, 0.15) is 24.2 Å². The van der Waals surface area contributed by atoms with E-state index in [9.17, 15) is 9.59 Å². The van der Waals surface area contributed by atoms with E-state index in [1.54, 1.807) is 24.0 Å². The van der Waals surface area contributed by atoms with Gasteiger partial charge in [-0.15, -0.1) is 0 Å². The Balaban J connectivity index is 1.32. The highest BCUT2D eigenvalue weighted by Gasteiger charge is 2.33. The van der Waals surface area contributed by atoms with Crippen molar-refractivity contribution in [2.45, 2.75) is 32.0 Å². The molecule has 1 unspecified atom stereocenters. The fourth-order valence-electron chi connectivity index (χ4n) is 3.38. The first-order valence-electron chi connectivity index (χ1n) is 9.04. The van der Waals surface area contributed by atoms with Gasteiger partial charge in [0, 0.05) is 32.0 Å². The minimum Gasteiger partial charge on any atom is -0.490 e. The zero-order chi connectivity index (χ0) is 18.8. The number of ether oxygens (including phenoxy) is 3. The normalized spacial score (nSPS) is 19.6. The number of para-hydroxylation sites is 2. The molecular weight excluding hydrogens is 350 g/mol. The van der Waals surface area contributed by atoms with Crippen molar-refractivity contribution in [3.05, 3.63) is 52.6 Å². The van der Waals surface area contributed by atoms with E-state index >= 15 is 0 Å². The van der Waals surface area contributed by atoms with Gasteiger partial charge in [0.05, 0.1) is 6.07 Å². The number of amides is 1. The van der Waals surface area contributed by atoms with Crippen molar-refractivity contribution in [2.75, 3.05) is 19.7 Å². The summed E-state index contributed by atoms with van der Waals surface area (Å²) in [6, 6.07) is 10.4. The van der Waals surface area contributed by atoms with Crippen molar-refractivity contribution in [1.82, 2.24) is 4.90 Å². The second kappa shape index (κ2) is 7.34. The van der Waals surface area contributed by atoms with Crippen molar-refractivity contribution in [3.8, 4) is 17.2 Å². The van der Waals surface area contributed by atoms with Crippen molar-refractivity contribution in [1.29, 1.82) is 0 Å². The molecular formula is C20H21NO6. The summed E-state index contributed by atoms with van der Waals surface area (Å²) in [5.41, 5.74) is -0.424. The summed E-state index contributed by atoms with van der Waals surface area (Å²) in [5, 5.41) is 0. The lowest BCUT2D eigenvalue weighted by Gasteiger charge is -2.35. The fourth-order valence-corrected chi connectivity index (χ4v) is 3.38. The molecule has 3 heterocycles. The molecule has 0 bridgehead atoms. The van der Waals surface area contributed by atoms with Crippen LogP contribution >= 0.6 is 0 Å². The zero-order valence-corrected chi connectivity index (χ0v) is 15.1. The van der Waals surface area contributed by atoms with E-state index in [1.165, 1.54) is 6.07 Å². The van der Waals surface area contributed by atoms with E-state index in [-0.39, 0.29) is 18.6 Å². The average molecular weight is 371 g/mol. The van der Waals surface area contributed by atoms with Gasteiger partial charge in [0.25, 0.3) is 5.91 Å². The lowest BCUT2D eigenvalue weighted by molar-refractivity contribution is -0.143. The van der Waals surface area contributed by atoms with Crippen LogP contribution in [0.2, 0.25) is 0 Å². The van der Waals surface area contributed by atoms with E-state index in [2.05, 4.69) is 0 Å². The van der Waals surface area contributed by atoms with E-state index < -0.39 is 11.7 Å². The van der Waals surface area contributed by atoms with Crippen LogP contribution in [0.4, 0.5) is 0 Å². The summed E-state index contributed by atoms with van der Waals surface area (Å²) in [7, 11) is 0. The van der Waals surface area contributed by atoms with Gasteiger partial charge >= 0.3 is 5.63 Å². The molecule has 1 fully saturated rings. The molecule has 27 heavy (non-hydrogen) atoms. The third kappa shape index (κ3) is 3.92. The molecule has 0 N–H and O–H groups in total. The van der Waals surface area contributed by atoms with Gasteiger partial charge < -0.3 is 23.5 Å². The number of rotatable bonds is 3. The lowest BCUT2D eigenvalue weighted by atomic mass is 10.1. The predicted molar refractivity (Wildman–Crippen MR) is 96.3 cm³/mol. The van der Waals surface area contributed by atoms with Crippen LogP contribution in [-0.2, 0) is 4.79 Å². The Morgan fingerprint density at radius 1 is 1.15 bits per heavy atom. The molecule has 142 valence electrons. The smallest absolute Gasteiger partial charge is 0.339 e. The minimum absolute atomic E-state index is 0.0421. The summed E-state index contributed by atoms with van der Waals surface area (Å²) in [6.45, 7) is 3.07.